The van der Waals surface area contributed by atoms with Crippen LogP contribution in [0.15, 0.2) is 18.2 Å². The van der Waals surface area contributed by atoms with Crippen molar-refractivity contribution in [2.75, 3.05) is 12.4 Å². The Morgan fingerprint density at radius 3 is 2.67 bits per heavy atom. The van der Waals surface area contributed by atoms with E-state index in [0.29, 0.717) is 11.7 Å². The number of ether oxygens (including phenoxy) is 1. The van der Waals surface area contributed by atoms with E-state index in [1.54, 1.807) is 6.07 Å². The first kappa shape index (κ1) is 15.2. The van der Waals surface area contributed by atoms with Gasteiger partial charge in [-0.25, -0.2) is 9.59 Å². The van der Waals surface area contributed by atoms with E-state index in [-0.39, 0.29) is 23.3 Å². The Bertz CT molecular complexity index is 544. The summed E-state index contributed by atoms with van der Waals surface area (Å²) in [7, 11) is 1.46. The van der Waals surface area contributed by atoms with Crippen molar-refractivity contribution in [2.45, 2.75) is 32.2 Å². The average molecular weight is 292 g/mol. The third-order valence-electron chi connectivity index (χ3n) is 3.74. The fraction of sp³-hybridized carbons (Fsp3) is 0.467. The van der Waals surface area contributed by atoms with Crippen molar-refractivity contribution >= 4 is 17.7 Å². The Morgan fingerprint density at radius 1 is 1.33 bits per heavy atom. The van der Waals surface area contributed by atoms with Crippen LogP contribution >= 0.6 is 0 Å². The van der Waals surface area contributed by atoms with Gasteiger partial charge in [0.05, 0.1) is 18.4 Å². The summed E-state index contributed by atoms with van der Waals surface area (Å²) in [6, 6.07) is 4.31. The van der Waals surface area contributed by atoms with Gasteiger partial charge in [0.25, 0.3) is 0 Å². The molecule has 6 heteroatoms. The lowest BCUT2D eigenvalue weighted by Gasteiger charge is -2.15. The number of nitrogens with one attached hydrogen (secondary N) is 2. The lowest BCUT2D eigenvalue weighted by atomic mass is 10.1. The Hall–Kier alpha value is -2.24. The topological polar surface area (TPSA) is 87.7 Å². The lowest BCUT2D eigenvalue weighted by Crippen LogP contribution is -2.36. The maximum atomic E-state index is 12.0. The minimum atomic E-state index is -1.11. The summed E-state index contributed by atoms with van der Waals surface area (Å²) >= 11 is 0. The molecule has 2 amide bonds. The first-order valence-corrected chi connectivity index (χ1v) is 6.98. The Labute approximate surface area is 123 Å². The SMILES string of the molecule is COc1ccc(NC(=O)NC2CCC(C)C2)c(C(=O)O)c1. The van der Waals surface area contributed by atoms with E-state index < -0.39 is 5.97 Å². The minimum Gasteiger partial charge on any atom is -0.497 e. The largest absolute Gasteiger partial charge is 0.497 e. The van der Waals surface area contributed by atoms with Crippen LogP contribution in [0.3, 0.4) is 0 Å². The number of urea groups is 1. The number of carboxylic acid groups (broad SMARTS) is 1. The summed E-state index contributed by atoms with van der Waals surface area (Å²) in [4.78, 5) is 23.2. The molecule has 21 heavy (non-hydrogen) atoms. The highest BCUT2D eigenvalue weighted by Crippen LogP contribution is 2.25. The van der Waals surface area contributed by atoms with Gasteiger partial charge in [-0.1, -0.05) is 6.92 Å². The number of carboxylic acids is 1. The molecule has 2 rings (SSSR count). The zero-order valence-electron chi connectivity index (χ0n) is 12.2. The molecule has 1 aromatic rings. The maximum Gasteiger partial charge on any atom is 0.337 e. The van der Waals surface area contributed by atoms with Gasteiger partial charge >= 0.3 is 12.0 Å². The molecule has 2 atom stereocenters. The maximum absolute atomic E-state index is 12.0. The number of carbonyl (C=O) groups excluding carboxylic acids is 1. The summed E-state index contributed by atoms with van der Waals surface area (Å²) in [6.07, 6.45) is 3.03. The molecule has 2 unspecified atom stereocenters. The van der Waals surface area contributed by atoms with Gasteiger partial charge in [0.1, 0.15) is 5.75 Å². The van der Waals surface area contributed by atoms with Crippen molar-refractivity contribution in [3.63, 3.8) is 0 Å². The molecule has 1 fully saturated rings. The quantitative estimate of drug-likeness (QED) is 0.796. The highest BCUT2D eigenvalue weighted by Gasteiger charge is 2.23. The molecule has 1 aliphatic rings. The van der Waals surface area contributed by atoms with Gasteiger partial charge in [0.2, 0.25) is 0 Å². The molecule has 1 aromatic carbocycles. The zero-order valence-corrected chi connectivity index (χ0v) is 12.2. The minimum absolute atomic E-state index is 0.00397. The van der Waals surface area contributed by atoms with E-state index in [4.69, 9.17) is 4.74 Å². The number of carbonyl (C=O) groups is 2. The van der Waals surface area contributed by atoms with Crippen LogP contribution in [0.25, 0.3) is 0 Å². The van der Waals surface area contributed by atoms with Crippen LogP contribution in [0, 0.1) is 5.92 Å². The molecule has 0 saturated heterocycles. The van der Waals surface area contributed by atoms with Gasteiger partial charge in [0, 0.05) is 6.04 Å². The standard InChI is InChI=1S/C15H20N2O4/c1-9-3-4-10(7-9)16-15(20)17-13-6-5-11(21-2)8-12(13)14(18)19/h5-6,8-10H,3-4,7H2,1-2H3,(H,18,19)(H2,16,17,20). The second-order valence-corrected chi connectivity index (χ2v) is 5.43. The molecule has 3 N–H and O–H groups in total. The lowest BCUT2D eigenvalue weighted by molar-refractivity contribution is 0.0697. The van der Waals surface area contributed by atoms with Gasteiger partial charge in [0.15, 0.2) is 0 Å². The van der Waals surface area contributed by atoms with Crippen LogP contribution in [0.2, 0.25) is 0 Å². The number of anilines is 1. The molecule has 0 aromatic heterocycles. The summed E-state index contributed by atoms with van der Waals surface area (Å²) in [5, 5.41) is 14.7. The number of aromatic carboxylic acids is 1. The van der Waals surface area contributed by atoms with Gasteiger partial charge in [-0.3, -0.25) is 0 Å². The number of methoxy groups -OCH3 is 1. The van der Waals surface area contributed by atoms with E-state index in [9.17, 15) is 14.7 Å². The summed E-state index contributed by atoms with van der Waals surface area (Å²) in [5.74, 6) is -0.0625. The Balaban J connectivity index is 2.04. The number of hydrogen-bond donors (Lipinski definition) is 3. The van der Waals surface area contributed by atoms with E-state index in [1.165, 1.54) is 19.2 Å². The highest BCUT2D eigenvalue weighted by atomic mass is 16.5. The van der Waals surface area contributed by atoms with Gasteiger partial charge in [-0.05, 0) is 43.4 Å². The van der Waals surface area contributed by atoms with Crippen molar-refractivity contribution in [2.24, 2.45) is 5.92 Å². The van der Waals surface area contributed by atoms with E-state index in [2.05, 4.69) is 17.6 Å². The molecular weight excluding hydrogens is 272 g/mol. The van der Waals surface area contributed by atoms with E-state index >= 15 is 0 Å². The zero-order chi connectivity index (χ0) is 15.4. The van der Waals surface area contributed by atoms with Crippen LogP contribution < -0.4 is 15.4 Å². The first-order valence-electron chi connectivity index (χ1n) is 6.98. The second kappa shape index (κ2) is 6.47. The van der Waals surface area contributed by atoms with Crippen LogP contribution in [0.1, 0.15) is 36.5 Å². The van der Waals surface area contributed by atoms with Crippen molar-refractivity contribution in [3.05, 3.63) is 23.8 Å². The van der Waals surface area contributed by atoms with Crippen LogP contribution in [0.4, 0.5) is 10.5 Å². The van der Waals surface area contributed by atoms with E-state index in [1.807, 2.05) is 0 Å². The molecule has 0 spiro atoms. The van der Waals surface area contributed by atoms with Crippen LogP contribution in [-0.2, 0) is 0 Å². The van der Waals surface area contributed by atoms with Gasteiger partial charge in [-0.15, -0.1) is 0 Å². The Morgan fingerprint density at radius 2 is 2.10 bits per heavy atom. The molecule has 114 valence electrons. The van der Waals surface area contributed by atoms with E-state index in [0.717, 1.165) is 19.3 Å². The van der Waals surface area contributed by atoms with Crippen LogP contribution in [0.5, 0.6) is 5.75 Å². The van der Waals surface area contributed by atoms with Crippen molar-refractivity contribution < 1.29 is 19.4 Å². The smallest absolute Gasteiger partial charge is 0.337 e. The summed E-state index contributed by atoms with van der Waals surface area (Å²) in [6.45, 7) is 2.16. The molecule has 1 saturated carbocycles. The fourth-order valence-electron chi connectivity index (χ4n) is 2.62. The molecule has 0 bridgehead atoms. The van der Waals surface area contributed by atoms with Crippen molar-refractivity contribution in [3.8, 4) is 5.75 Å². The molecule has 6 nitrogen and oxygen atoms in total. The Kier molecular flexibility index (Phi) is 4.67. The molecular formula is C15H20N2O4. The second-order valence-electron chi connectivity index (χ2n) is 5.43. The fourth-order valence-corrected chi connectivity index (χ4v) is 2.62. The monoisotopic (exact) mass is 292 g/mol. The van der Waals surface area contributed by atoms with Crippen molar-refractivity contribution in [1.29, 1.82) is 0 Å². The van der Waals surface area contributed by atoms with Crippen molar-refractivity contribution in [1.82, 2.24) is 5.32 Å². The normalized spacial score (nSPS) is 20.9. The third kappa shape index (κ3) is 3.87. The molecule has 0 radical (unpaired) electrons. The van der Waals surface area contributed by atoms with Gasteiger partial charge in [-0.2, -0.15) is 0 Å². The predicted molar refractivity (Wildman–Crippen MR) is 78.9 cm³/mol. The average Bonchev–Trinajstić information content (AvgIpc) is 2.84. The summed E-state index contributed by atoms with van der Waals surface area (Å²) < 4.78 is 4.99. The third-order valence-corrected chi connectivity index (χ3v) is 3.74. The molecule has 0 aliphatic heterocycles. The number of amides is 2. The van der Waals surface area contributed by atoms with Crippen LogP contribution in [-0.4, -0.2) is 30.3 Å². The number of rotatable bonds is 4. The number of hydrogen-bond acceptors (Lipinski definition) is 3. The van der Waals surface area contributed by atoms with Gasteiger partial charge < -0.3 is 20.5 Å². The first-order chi connectivity index (χ1) is 9.99. The predicted octanol–water partition coefficient (Wildman–Crippen LogP) is 2.70. The summed E-state index contributed by atoms with van der Waals surface area (Å²) in [5.41, 5.74) is 0.260. The highest BCUT2D eigenvalue weighted by molar-refractivity contribution is 6.00. The molecule has 0 heterocycles. The molecule has 1 aliphatic carbocycles. The number of benzene rings is 1.